The van der Waals surface area contributed by atoms with Crippen LogP contribution in [-0.2, 0) is 0 Å². The summed E-state index contributed by atoms with van der Waals surface area (Å²) in [5.41, 5.74) is 0. The minimum atomic E-state index is -4.70. The largest absolute Gasteiger partial charge is 0.502 e. The Morgan fingerprint density at radius 1 is 1.30 bits per heavy atom. The first-order valence-electron chi connectivity index (χ1n) is 3.44. The molecule has 0 saturated carbocycles. The summed E-state index contributed by atoms with van der Waals surface area (Å²) in [4.78, 5) is 0. The van der Waals surface area contributed by atoms with E-state index in [1.807, 2.05) is 6.92 Å². The molecule has 0 heterocycles. The summed E-state index contributed by atoms with van der Waals surface area (Å²) in [5.74, 6) is 0.357. The van der Waals surface area contributed by atoms with Crippen LogP contribution in [0.25, 0.3) is 0 Å². The molecule has 4 heteroatoms. The number of rotatable bonds is 4. The maximum Gasteiger partial charge on any atom is 0.502 e. The summed E-state index contributed by atoms with van der Waals surface area (Å²) in [6.45, 7) is -2.75. The Kier molecular flexibility index (Phi) is 4.24. The monoisotopic (exact) mass is 151 g/mol. The number of unbranched alkanes of at least 4 members (excludes halogenated alkanes) is 2. The Morgan fingerprint density at radius 2 is 1.90 bits per heavy atom. The highest BCUT2D eigenvalue weighted by Gasteiger charge is 2.16. The van der Waals surface area contributed by atoms with Crippen molar-refractivity contribution >= 4 is 6.98 Å². The van der Waals surface area contributed by atoms with Crippen LogP contribution in [0.5, 0.6) is 0 Å². The molecular weight excluding hydrogens is 140 g/mol. The van der Waals surface area contributed by atoms with Gasteiger partial charge < -0.3 is 12.9 Å². The predicted octanol–water partition coefficient (Wildman–Crippen LogP) is 3.12. The number of hydrogen-bond acceptors (Lipinski definition) is 0. The molecule has 0 unspecified atom stereocenters. The molecule has 0 atom stereocenters. The summed E-state index contributed by atoms with van der Waals surface area (Å²) in [5, 5.41) is 0. The minimum absolute atomic E-state index is 0.357. The van der Waals surface area contributed by atoms with Gasteiger partial charge in [0.15, 0.2) is 0 Å². The van der Waals surface area contributed by atoms with Gasteiger partial charge in [0.2, 0.25) is 0 Å². The van der Waals surface area contributed by atoms with Crippen LogP contribution in [0.2, 0.25) is 0 Å². The summed E-state index contributed by atoms with van der Waals surface area (Å²) >= 11 is 0. The van der Waals surface area contributed by atoms with E-state index in [4.69, 9.17) is 0 Å². The van der Waals surface area contributed by atoms with Crippen LogP contribution in [-0.4, -0.2) is 6.98 Å². The lowest BCUT2D eigenvalue weighted by molar-refractivity contribution is 0.498. The van der Waals surface area contributed by atoms with Gasteiger partial charge in [-0.05, 0) is 6.42 Å². The van der Waals surface area contributed by atoms with Crippen LogP contribution in [0.4, 0.5) is 12.9 Å². The summed E-state index contributed by atoms with van der Waals surface area (Å²) < 4.78 is 34.4. The van der Waals surface area contributed by atoms with Crippen LogP contribution >= 0.6 is 0 Å². The van der Waals surface area contributed by atoms with Crippen molar-refractivity contribution in [1.82, 2.24) is 0 Å². The highest BCUT2D eigenvalue weighted by Crippen LogP contribution is 2.10. The van der Waals surface area contributed by atoms with E-state index in [9.17, 15) is 12.9 Å². The first-order chi connectivity index (χ1) is 4.56. The summed E-state index contributed by atoms with van der Waals surface area (Å²) in [6.07, 6.45) is 3.51. The quantitative estimate of drug-likeness (QED) is 0.427. The summed E-state index contributed by atoms with van der Waals surface area (Å²) in [6, 6.07) is 0. The molecule has 0 aliphatic rings. The Balaban J connectivity index is 3.37. The molecule has 10 heavy (non-hydrogen) atoms. The Labute approximate surface area is 59.2 Å². The number of hydrogen-bond donors (Lipinski definition) is 0. The zero-order valence-corrected chi connectivity index (χ0v) is 5.99. The number of allylic oxidation sites excluding steroid dienone is 1. The van der Waals surface area contributed by atoms with Crippen molar-refractivity contribution in [2.45, 2.75) is 26.2 Å². The van der Waals surface area contributed by atoms with E-state index in [1.165, 1.54) is 6.08 Å². The molecular formula is C6H11BF3-. The van der Waals surface area contributed by atoms with E-state index >= 15 is 0 Å². The van der Waals surface area contributed by atoms with Crippen LogP contribution in [0.1, 0.15) is 26.2 Å². The SMILES string of the molecule is CCCC/C=C\[B-](F)(F)F. The van der Waals surface area contributed by atoms with Gasteiger partial charge in [-0.1, -0.05) is 19.8 Å². The van der Waals surface area contributed by atoms with Gasteiger partial charge in [0.25, 0.3) is 0 Å². The fourth-order valence-electron chi connectivity index (χ4n) is 0.573. The van der Waals surface area contributed by atoms with Crippen molar-refractivity contribution in [3.05, 3.63) is 12.1 Å². The Bertz CT molecular complexity index is 106. The van der Waals surface area contributed by atoms with Gasteiger partial charge in [-0.25, -0.2) is 0 Å². The minimum Gasteiger partial charge on any atom is -0.445 e. The second-order valence-corrected chi connectivity index (χ2v) is 2.20. The molecule has 0 aromatic carbocycles. The van der Waals surface area contributed by atoms with Crippen LogP contribution in [0.15, 0.2) is 12.1 Å². The van der Waals surface area contributed by atoms with Gasteiger partial charge in [0, 0.05) is 0 Å². The molecule has 0 fully saturated rings. The molecule has 0 radical (unpaired) electrons. The molecule has 0 nitrogen and oxygen atoms in total. The smallest absolute Gasteiger partial charge is 0.445 e. The van der Waals surface area contributed by atoms with Crippen molar-refractivity contribution in [2.24, 2.45) is 0 Å². The molecule has 0 aromatic heterocycles. The molecule has 0 N–H and O–H groups in total. The van der Waals surface area contributed by atoms with Crippen molar-refractivity contribution in [2.75, 3.05) is 0 Å². The fraction of sp³-hybridized carbons (Fsp3) is 0.667. The molecule has 0 saturated heterocycles. The van der Waals surface area contributed by atoms with Gasteiger partial charge in [-0.3, -0.25) is 0 Å². The van der Waals surface area contributed by atoms with Crippen molar-refractivity contribution < 1.29 is 12.9 Å². The molecule has 0 rings (SSSR count). The standard InChI is InChI=1S/C6H11BF3/c1-2-3-4-5-6-7(8,9)10/h5-6H,2-4H2,1H3/q-1/b6-5-. The molecule has 60 valence electrons. The first-order valence-corrected chi connectivity index (χ1v) is 3.44. The maximum absolute atomic E-state index is 11.5. The zero-order valence-electron chi connectivity index (χ0n) is 5.99. The van der Waals surface area contributed by atoms with E-state index in [0.717, 1.165) is 12.8 Å². The topological polar surface area (TPSA) is 0 Å². The van der Waals surface area contributed by atoms with Gasteiger partial charge in [0.05, 0.1) is 0 Å². The second kappa shape index (κ2) is 4.42. The average molecular weight is 151 g/mol. The zero-order chi connectivity index (χ0) is 8.04. The van der Waals surface area contributed by atoms with E-state index in [1.54, 1.807) is 0 Å². The van der Waals surface area contributed by atoms with Crippen LogP contribution < -0.4 is 0 Å². The molecule has 0 aliphatic carbocycles. The molecule has 0 aromatic rings. The molecule has 0 aliphatic heterocycles. The first kappa shape index (κ1) is 9.59. The molecule has 0 amide bonds. The highest BCUT2D eigenvalue weighted by atomic mass is 19.4. The van der Waals surface area contributed by atoms with E-state index < -0.39 is 6.98 Å². The normalized spacial score (nSPS) is 12.8. The predicted molar refractivity (Wildman–Crippen MR) is 37.7 cm³/mol. The number of halogens is 3. The Hall–Kier alpha value is -0.405. The second-order valence-electron chi connectivity index (χ2n) is 2.20. The third-order valence-electron chi connectivity index (χ3n) is 1.08. The average Bonchev–Trinajstić information content (AvgIpc) is 1.78. The Morgan fingerprint density at radius 3 is 2.30 bits per heavy atom. The highest BCUT2D eigenvalue weighted by molar-refractivity contribution is 6.64. The lowest BCUT2D eigenvalue weighted by Crippen LogP contribution is -2.09. The summed E-state index contributed by atoms with van der Waals surface area (Å²) in [7, 11) is 0. The molecule has 0 bridgehead atoms. The lowest BCUT2D eigenvalue weighted by Gasteiger charge is -2.05. The van der Waals surface area contributed by atoms with Crippen molar-refractivity contribution in [1.29, 1.82) is 0 Å². The van der Waals surface area contributed by atoms with Gasteiger partial charge in [-0.2, -0.15) is 0 Å². The van der Waals surface area contributed by atoms with E-state index in [0.29, 0.717) is 12.4 Å². The van der Waals surface area contributed by atoms with Crippen molar-refractivity contribution in [3.8, 4) is 0 Å². The maximum atomic E-state index is 11.5. The third kappa shape index (κ3) is 7.59. The van der Waals surface area contributed by atoms with Crippen LogP contribution in [0.3, 0.4) is 0 Å². The van der Waals surface area contributed by atoms with Crippen molar-refractivity contribution in [3.63, 3.8) is 0 Å². The fourth-order valence-corrected chi connectivity index (χ4v) is 0.573. The van der Waals surface area contributed by atoms with Gasteiger partial charge in [-0.15, -0.1) is 12.1 Å². The van der Waals surface area contributed by atoms with E-state index in [-0.39, 0.29) is 0 Å². The van der Waals surface area contributed by atoms with Gasteiger partial charge >= 0.3 is 6.98 Å². The molecule has 0 spiro atoms. The van der Waals surface area contributed by atoms with Crippen LogP contribution in [0, 0.1) is 0 Å². The van der Waals surface area contributed by atoms with E-state index in [2.05, 4.69) is 0 Å². The lowest BCUT2D eigenvalue weighted by atomic mass is 9.91. The third-order valence-corrected chi connectivity index (χ3v) is 1.08. The van der Waals surface area contributed by atoms with Gasteiger partial charge in [0.1, 0.15) is 0 Å².